The summed E-state index contributed by atoms with van der Waals surface area (Å²) in [6, 6.07) is 9.57. The number of amides is 1. The van der Waals surface area contributed by atoms with Gasteiger partial charge in [-0.2, -0.15) is 0 Å². The summed E-state index contributed by atoms with van der Waals surface area (Å²) in [5, 5.41) is 0. The van der Waals surface area contributed by atoms with Gasteiger partial charge in [-0.25, -0.2) is 4.39 Å². The van der Waals surface area contributed by atoms with Gasteiger partial charge in [0.2, 0.25) is 0 Å². The maximum atomic E-state index is 14.0. The first-order valence-electron chi connectivity index (χ1n) is 9.21. The standard InChI is InChI=1S/C21H19BrFNO4/c22-15-2-3-17(23)16(12-15)21(26)24-7-5-13(6-8-24)20(25)14-1-4-18-19(11-14)28-10-9-27-18/h1-4,11-13H,5-10H2. The molecule has 1 fully saturated rings. The van der Waals surface area contributed by atoms with Crippen molar-refractivity contribution in [1.29, 1.82) is 0 Å². The first-order chi connectivity index (χ1) is 13.5. The van der Waals surface area contributed by atoms with Crippen LogP contribution in [0, 0.1) is 11.7 Å². The van der Waals surface area contributed by atoms with Crippen LogP contribution in [0.25, 0.3) is 0 Å². The van der Waals surface area contributed by atoms with Crippen molar-refractivity contribution in [2.45, 2.75) is 12.8 Å². The number of rotatable bonds is 3. The van der Waals surface area contributed by atoms with Crippen LogP contribution in [0.3, 0.4) is 0 Å². The van der Waals surface area contributed by atoms with E-state index in [2.05, 4.69) is 15.9 Å². The quantitative estimate of drug-likeness (QED) is 0.664. The molecule has 0 aliphatic carbocycles. The third kappa shape index (κ3) is 3.76. The summed E-state index contributed by atoms with van der Waals surface area (Å²) in [5.41, 5.74) is 0.637. The predicted molar refractivity (Wildman–Crippen MR) is 104 cm³/mol. The average molecular weight is 448 g/mol. The third-order valence-corrected chi connectivity index (χ3v) is 5.63. The fourth-order valence-electron chi connectivity index (χ4n) is 3.61. The number of benzene rings is 2. The van der Waals surface area contributed by atoms with E-state index in [-0.39, 0.29) is 23.2 Å². The van der Waals surface area contributed by atoms with Crippen molar-refractivity contribution >= 4 is 27.6 Å². The third-order valence-electron chi connectivity index (χ3n) is 5.14. The van der Waals surface area contributed by atoms with Gasteiger partial charge in [0.15, 0.2) is 17.3 Å². The van der Waals surface area contributed by atoms with Gasteiger partial charge in [-0.05, 0) is 49.2 Å². The molecule has 1 saturated heterocycles. The average Bonchev–Trinajstić information content (AvgIpc) is 2.74. The molecule has 2 aromatic rings. The van der Waals surface area contributed by atoms with Crippen molar-refractivity contribution < 1.29 is 23.5 Å². The molecule has 2 aliphatic heterocycles. The second-order valence-electron chi connectivity index (χ2n) is 6.91. The van der Waals surface area contributed by atoms with Crippen molar-refractivity contribution in [1.82, 2.24) is 4.90 Å². The van der Waals surface area contributed by atoms with Crippen LogP contribution >= 0.6 is 15.9 Å². The highest BCUT2D eigenvalue weighted by Crippen LogP contribution is 2.32. The Balaban J connectivity index is 1.42. The smallest absolute Gasteiger partial charge is 0.256 e. The summed E-state index contributed by atoms with van der Waals surface area (Å²) >= 11 is 3.27. The minimum atomic E-state index is -0.539. The Hall–Kier alpha value is -2.41. The molecule has 0 atom stereocenters. The summed E-state index contributed by atoms with van der Waals surface area (Å²) in [5.74, 6) is 0.234. The molecule has 28 heavy (non-hydrogen) atoms. The SMILES string of the molecule is O=C(c1ccc2c(c1)OCCO2)C1CCN(C(=O)c2cc(Br)ccc2F)CC1. The Morgan fingerprint density at radius 3 is 2.46 bits per heavy atom. The maximum absolute atomic E-state index is 14.0. The molecule has 1 amide bonds. The van der Waals surface area contributed by atoms with Crippen LogP contribution in [0.1, 0.15) is 33.6 Å². The molecule has 0 unspecified atom stereocenters. The summed E-state index contributed by atoms with van der Waals surface area (Å²) in [6.45, 7) is 1.82. The van der Waals surface area contributed by atoms with E-state index in [0.29, 0.717) is 60.7 Å². The largest absolute Gasteiger partial charge is 0.486 e. The van der Waals surface area contributed by atoms with Crippen LogP contribution < -0.4 is 9.47 Å². The first kappa shape index (κ1) is 18.9. The van der Waals surface area contributed by atoms with Crippen molar-refractivity contribution in [2.24, 2.45) is 5.92 Å². The number of Topliss-reactive ketones (excluding diaryl/α,β-unsaturated/α-hetero) is 1. The summed E-state index contributed by atoms with van der Waals surface area (Å²) < 4.78 is 25.7. The lowest BCUT2D eigenvalue weighted by atomic mass is 9.88. The zero-order valence-electron chi connectivity index (χ0n) is 15.1. The maximum Gasteiger partial charge on any atom is 0.256 e. The van der Waals surface area contributed by atoms with Gasteiger partial charge in [-0.3, -0.25) is 9.59 Å². The zero-order valence-corrected chi connectivity index (χ0v) is 16.7. The van der Waals surface area contributed by atoms with Gasteiger partial charge in [-0.15, -0.1) is 0 Å². The number of ether oxygens (including phenoxy) is 2. The molecule has 0 bridgehead atoms. The number of hydrogen-bond acceptors (Lipinski definition) is 4. The van der Waals surface area contributed by atoms with Crippen molar-refractivity contribution in [3.8, 4) is 11.5 Å². The summed E-state index contributed by atoms with van der Waals surface area (Å²) in [4.78, 5) is 27.1. The lowest BCUT2D eigenvalue weighted by molar-refractivity contribution is 0.0646. The van der Waals surface area contributed by atoms with Crippen LogP contribution in [0.5, 0.6) is 11.5 Å². The van der Waals surface area contributed by atoms with Gasteiger partial charge in [-0.1, -0.05) is 15.9 Å². The van der Waals surface area contributed by atoms with Gasteiger partial charge < -0.3 is 14.4 Å². The first-order valence-corrected chi connectivity index (χ1v) is 10.0. The number of nitrogens with zero attached hydrogens (tertiary/aromatic N) is 1. The molecule has 7 heteroatoms. The van der Waals surface area contributed by atoms with E-state index in [0.717, 1.165) is 0 Å². The lowest BCUT2D eigenvalue weighted by Crippen LogP contribution is -2.40. The number of halogens is 2. The molecule has 2 heterocycles. The highest BCUT2D eigenvalue weighted by Gasteiger charge is 2.30. The van der Waals surface area contributed by atoms with E-state index in [4.69, 9.17) is 9.47 Å². The summed E-state index contributed by atoms with van der Waals surface area (Å²) in [7, 11) is 0. The predicted octanol–water partition coefficient (Wildman–Crippen LogP) is 4.09. The molecule has 5 nitrogen and oxygen atoms in total. The van der Waals surface area contributed by atoms with Gasteiger partial charge in [0, 0.05) is 29.0 Å². The molecular formula is C21H19BrFNO4. The van der Waals surface area contributed by atoms with Crippen molar-refractivity contribution in [2.75, 3.05) is 26.3 Å². The van der Waals surface area contributed by atoms with Crippen LogP contribution in [-0.2, 0) is 0 Å². The molecule has 0 radical (unpaired) electrons. The molecule has 0 aromatic heterocycles. The number of fused-ring (bicyclic) bond motifs is 1. The van der Waals surface area contributed by atoms with Gasteiger partial charge in [0.25, 0.3) is 5.91 Å². The van der Waals surface area contributed by atoms with Crippen LogP contribution in [0.15, 0.2) is 40.9 Å². The second kappa shape index (κ2) is 7.91. The normalized spacial score (nSPS) is 16.7. The Labute approximate surface area is 170 Å². The van der Waals surface area contributed by atoms with Crippen LogP contribution in [0.2, 0.25) is 0 Å². The second-order valence-corrected chi connectivity index (χ2v) is 7.83. The van der Waals surface area contributed by atoms with E-state index in [9.17, 15) is 14.0 Å². The fraction of sp³-hybridized carbons (Fsp3) is 0.333. The number of ketones is 1. The molecule has 2 aromatic carbocycles. The number of piperidine rings is 1. The van der Waals surface area contributed by atoms with Crippen molar-refractivity contribution in [3.05, 3.63) is 57.8 Å². The fourth-order valence-corrected chi connectivity index (χ4v) is 3.97. The monoisotopic (exact) mass is 447 g/mol. The topological polar surface area (TPSA) is 55.8 Å². The molecule has 146 valence electrons. The van der Waals surface area contributed by atoms with Gasteiger partial charge >= 0.3 is 0 Å². The van der Waals surface area contributed by atoms with Crippen LogP contribution in [-0.4, -0.2) is 42.9 Å². The Kier molecular flexibility index (Phi) is 5.35. The number of likely N-dealkylation sites (tertiary alicyclic amines) is 1. The lowest BCUT2D eigenvalue weighted by Gasteiger charge is -2.31. The molecule has 0 saturated carbocycles. The molecular weight excluding hydrogens is 429 g/mol. The zero-order chi connectivity index (χ0) is 19.7. The highest BCUT2D eigenvalue weighted by atomic mass is 79.9. The number of carbonyl (C=O) groups excluding carboxylic acids is 2. The van der Waals surface area contributed by atoms with E-state index < -0.39 is 5.82 Å². The Morgan fingerprint density at radius 1 is 1.00 bits per heavy atom. The van der Waals surface area contributed by atoms with E-state index >= 15 is 0 Å². The van der Waals surface area contributed by atoms with E-state index in [1.165, 1.54) is 12.1 Å². The van der Waals surface area contributed by atoms with Gasteiger partial charge in [0.1, 0.15) is 19.0 Å². The number of carbonyl (C=O) groups is 2. The van der Waals surface area contributed by atoms with E-state index in [1.807, 2.05) is 0 Å². The van der Waals surface area contributed by atoms with Crippen LogP contribution in [0.4, 0.5) is 4.39 Å². The van der Waals surface area contributed by atoms with Gasteiger partial charge in [0.05, 0.1) is 5.56 Å². The molecule has 4 rings (SSSR count). The molecule has 2 aliphatic rings. The Morgan fingerprint density at radius 2 is 1.71 bits per heavy atom. The van der Waals surface area contributed by atoms with Crippen molar-refractivity contribution in [3.63, 3.8) is 0 Å². The van der Waals surface area contributed by atoms with E-state index in [1.54, 1.807) is 29.2 Å². The minimum absolute atomic E-state index is 0.0395. The Bertz CT molecular complexity index is 925. The minimum Gasteiger partial charge on any atom is -0.486 e. The molecule has 0 spiro atoms. The molecule has 0 N–H and O–H groups in total. The number of hydrogen-bond donors (Lipinski definition) is 0. The highest BCUT2D eigenvalue weighted by molar-refractivity contribution is 9.10. The summed E-state index contributed by atoms with van der Waals surface area (Å²) in [6.07, 6.45) is 1.10.